The first kappa shape index (κ1) is 42.3. The van der Waals surface area contributed by atoms with Crippen LogP contribution < -0.4 is 21.7 Å². The van der Waals surface area contributed by atoms with Crippen LogP contribution in [0.1, 0.15) is 90.7 Å². The number of Topliss-reactive ketones (excluding diaryl/α,β-unsaturated/α-hetero) is 2. The molecule has 1 aromatic carbocycles. The largest absolute Gasteiger partial charge is 0.460 e. The van der Waals surface area contributed by atoms with E-state index in [2.05, 4.69) is 16.0 Å². The first-order valence-electron chi connectivity index (χ1n) is 17.4. The molecule has 6 amide bonds. The van der Waals surface area contributed by atoms with E-state index in [1.807, 2.05) is 13.8 Å². The molecule has 280 valence electrons. The van der Waals surface area contributed by atoms with Crippen molar-refractivity contribution < 1.29 is 43.1 Å². The molecule has 2 rings (SSSR count). The highest BCUT2D eigenvalue weighted by Gasteiger charge is 2.29. The molecule has 0 bridgehead atoms. The second kappa shape index (κ2) is 20.7. The Balaban J connectivity index is 1.88. The average Bonchev–Trinajstić information content (AvgIpc) is 3.37. The number of carbonyl (C=O) groups excluding carboxylic acids is 8. The van der Waals surface area contributed by atoms with Crippen LogP contribution in [0.3, 0.4) is 0 Å². The molecule has 1 aromatic rings. The number of amides is 6. The number of nitrogens with zero attached hydrogens (tertiary/aromatic N) is 1. The molecule has 1 aliphatic rings. The molecule has 14 heteroatoms. The number of imide groups is 1. The minimum absolute atomic E-state index is 0.0115. The number of unbranched alkanes of at least 4 members (excludes halogenated alkanes) is 2. The standard InChI is InChI=1S/C37H53N5O9/c1-24(2)28(21-27(43)10-7-6-8-18-39-31(45)22-42-32(46)16-17-33(42)47)34(48)41-29(11-9-19-40-36(38)50)30(44)20-25-12-14-26(15-13-25)23-51-35(49)37(3,4)5/h12-17,24,28-29H,6-11,18-23H2,1-5H3,(H,39,45)(H,41,48)(H3,38,40,50)/t28-,29-/m0/s1. The van der Waals surface area contributed by atoms with E-state index in [1.165, 1.54) is 0 Å². The van der Waals surface area contributed by atoms with Gasteiger partial charge in [0.15, 0.2) is 5.78 Å². The van der Waals surface area contributed by atoms with Gasteiger partial charge in [-0.2, -0.15) is 0 Å². The minimum Gasteiger partial charge on any atom is -0.460 e. The van der Waals surface area contributed by atoms with E-state index in [0.29, 0.717) is 37.8 Å². The van der Waals surface area contributed by atoms with Crippen molar-refractivity contribution in [2.24, 2.45) is 23.0 Å². The van der Waals surface area contributed by atoms with Gasteiger partial charge in [0, 0.05) is 50.4 Å². The lowest BCUT2D eigenvalue weighted by Crippen LogP contribution is -2.46. The summed E-state index contributed by atoms with van der Waals surface area (Å²) in [5.41, 5.74) is 6.02. The zero-order valence-electron chi connectivity index (χ0n) is 30.4. The van der Waals surface area contributed by atoms with E-state index in [0.717, 1.165) is 22.6 Å². The average molecular weight is 712 g/mol. The lowest BCUT2D eigenvalue weighted by atomic mass is 9.88. The highest BCUT2D eigenvalue weighted by molar-refractivity contribution is 6.14. The molecular weight excluding hydrogens is 658 g/mol. The van der Waals surface area contributed by atoms with Crippen molar-refractivity contribution >= 4 is 47.2 Å². The molecule has 1 heterocycles. The predicted octanol–water partition coefficient (Wildman–Crippen LogP) is 2.65. The van der Waals surface area contributed by atoms with Crippen LogP contribution in [0.5, 0.6) is 0 Å². The van der Waals surface area contributed by atoms with Crippen molar-refractivity contribution in [1.82, 2.24) is 20.9 Å². The lowest BCUT2D eigenvalue weighted by molar-refractivity contribution is -0.154. The number of hydrogen-bond acceptors (Lipinski definition) is 9. The summed E-state index contributed by atoms with van der Waals surface area (Å²) < 4.78 is 5.36. The molecular formula is C37H53N5O9. The molecule has 51 heavy (non-hydrogen) atoms. The summed E-state index contributed by atoms with van der Waals surface area (Å²) in [6, 6.07) is 5.55. The summed E-state index contributed by atoms with van der Waals surface area (Å²) in [6.45, 7) is 9.31. The third-order valence-corrected chi connectivity index (χ3v) is 8.30. The molecule has 0 aliphatic carbocycles. The Morgan fingerprint density at radius 2 is 1.45 bits per heavy atom. The van der Waals surface area contributed by atoms with E-state index in [4.69, 9.17) is 10.5 Å². The van der Waals surface area contributed by atoms with E-state index in [-0.39, 0.29) is 68.8 Å². The number of urea groups is 1. The summed E-state index contributed by atoms with van der Waals surface area (Å²) in [4.78, 5) is 99.1. The Labute approximate surface area is 299 Å². The van der Waals surface area contributed by atoms with Crippen molar-refractivity contribution in [3.05, 3.63) is 47.5 Å². The van der Waals surface area contributed by atoms with Gasteiger partial charge in [-0.05, 0) is 63.5 Å². The maximum absolute atomic E-state index is 13.5. The fourth-order valence-electron chi connectivity index (χ4n) is 5.17. The Kier molecular flexibility index (Phi) is 17.2. The van der Waals surface area contributed by atoms with Crippen molar-refractivity contribution in [3.8, 4) is 0 Å². The van der Waals surface area contributed by atoms with Gasteiger partial charge in [0.05, 0.1) is 11.5 Å². The zero-order valence-corrected chi connectivity index (χ0v) is 30.4. The molecule has 0 fully saturated rings. The van der Waals surface area contributed by atoms with E-state index >= 15 is 0 Å². The molecule has 14 nitrogen and oxygen atoms in total. The molecule has 0 unspecified atom stereocenters. The Bertz CT molecular complexity index is 1430. The maximum atomic E-state index is 13.5. The Morgan fingerprint density at radius 3 is 2.04 bits per heavy atom. The first-order valence-corrected chi connectivity index (χ1v) is 17.4. The smallest absolute Gasteiger partial charge is 0.312 e. The number of primary amides is 1. The highest BCUT2D eigenvalue weighted by Crippen LogP contribution is 2.20. The van der Waals surface area contributed by atoms with Crippen LogP contribution in [-0.4, -0.2) is 77.8 Å². The Morgan fingerprint density at radius 1 is 0.843 bits per heavy atom. The number of hydrogen-bond donors (Lipinski definition) is 4. The van der Waals surface area contributed by atoms with Gasteiger partial charge in [-0.15, -0.1) is 0 Å². The van der Waals surface area contributed by atoms with Crippen LogP contribution in [0, 0.1) is 17.3 Å². The number of benzene rings is 1. The maximum Gasteiger partial charge on any atom is 0.312 e. The molecule has 0 radical (unpaired) electrons. The number of carbonyl (C=O) groups is 8. The topological polar surface area (TPSA) is 211 Å². The summed E-state index contributed by atoms with van der Waals surface area (Å²) in [5.74, 6) is -3.38. The van der Waals surface area contributed by atoms with Crippen LogP contribution in [0.2, 0.25) is 0 Å². The molecule has 0 aromatic heterocycles. The van der Waals surface area contributed by atoms with Crippen molar-refractivity contribution in [3.63, 3.8) is 0 Å². The van der Waals surface area contributed by atoms with E-state index in [1.54, 1.807) is 45.0 Å². The van der Waals surface area contributed by atoms with Crippen molar-refractivity contribution in [1.29, 1.82) is 0 Å². The molecule has 0 saturated heterocycles. The SMILES string of the molecule is CC(C)[C@H](CC(=O)CCCCCNC(=O)CN1C(=O)C=CC1=O)C(=O)N[C@@H](CCCNC(N)=O)C(=O)Cc1ccc(COC(=O)C(C)(C)C)cc1. The number of ether oxygens (including phenoxy) is 1. The third kappa shape index (κ3) is 15.7. The van der Waals surface area contributed by atoms with Gasteiger partial charge in [0.2, 0.25) is 11.8 Å². The van der Waals surface area contributed by atoms with Crippen molar-refractivity contribution in [2.75, 3.05) is 19.6 Å². The molecule has 1 aliphatic heterocycles. The normalized spacial score (nSPS) is 13.9. The van der Waals surface area contributed by atoms with Crippen LogP contribution >= 0.6 is 0 Å². The van der Waals surface area contributed by atoms with Crippen molar-refractivity contribution in [2.45, 2.75) is 98.6 Å². The van der Waals surface area contributed by atoms with Crippen LogP contribution in [0.25, 0.3) is 0 Å². The fourth-order valence-corrected chi connectivity index (χ4v) is 5.17. The molecule has 0 spiro atoms. The van der Waals surface area contributed by atoms with Gasteiger partial charge in [0.1, 0.15) is 18.9 Å². The summed E-state index contributed by atoms with van der Waals surface area (Å²) in [7, 11) is 0. The third-order valence-electron chi connectivity index (χ3n) is 8.30. The molecule has 5 N–H and O–H groups in total. The zero-order chi connectivity index (χ0) is 38.1. The van der Waals surface area contributed by atoms with E-state index < -0.39 is 47.0 Å². The molecule has 0 saturated carbocycles. The number of ketones is 2. The summed E-state index contributed by atoms with van der Waals surface area (Å²) in [5, 5.41) is 8.01. The van der Waals surface area contributed by atoms with Gasteiger partial charge in [0.25, 0.3) is 11.8 Å². The van der Waals surface area contributed by atoms with Crippen LogP contribution in [-0.2, 0) is 51.3 Å². The number of rotatable bonds is 22. The van der Waals surface area contributed by atoms with Gasteiger partial charge in [-0.25, -0.2) is 4.79 Å². The quantitative estimate of drug-likeness (QED) is 0.0790. The predicted molar refractivity (Wildman–Crippen MR) is 188 cm³/mol. The first-order chi connectivity index (χ1) is 24.0. The Hall–Kier alpha value is -4.88. The lowest BCUT2D eigenvalue weighted by Gasteiger charge is -2.24. The second-order valence-electron chi connectivity index (χ2n) is 14.1. The van der Waals surface area contributed by atoms with Crippen LogP contribution in [0.15, 0.2) is 36.4 Å². The van der Waals surface area contributed by atoms with Gasteiger partial charge >= 0.3 is 12.0 Å². The van der Waals surface area contributed by atoms with Crippen LogP contribution in [0.4, 0.5) is 4.79 Å². The minimum atomic E-state index is -0.857. The monoisotopic (exact) mass is 711 g/mol. The second-order valence-corrected chi connectivity index (χ2v) is 14.1. The van der Waals surface area contributed by atoms with Gasteiger partial charge in [-0.3, -0.25) is 38.5 Å². The fraction of sp³-hybridized carbons (Fsp3) is 0.568. The summed E-state index contributed by atoms with van der Waals surface area (Å²) >= 11 is 0. The van der Waals surface area contributed by atoms with Gasteiger partial charge in [-0.1, -0.05) is 44.5 Å². The summed E-state index contributed by atoms with van der Waals surface area (Å²) in [6.07, 6.45) is 4.96. The highest BCUT2D eigenvalue weighted by atomic mass is 16.5. The number of nitrogens with two attached hydrogens (primary N) is 1. The van der Waals surface area contributed by atoms with Gasteiger partial charge < -0.3 is 26.4 Å². The van der Waals surface area contributed by atoms with E-state index in [9.17, 15) is 38.4 Å². The number of esters is 1. The number of nitrogens with one attached hydrogen (secondary N) is 3. The molecule has 2 atom stereocenters.